The first-order valence-electron chi connectivity index (χ1n) is 13.5. The number of aryl methyl sites for hydroxylation is 2. The van der Waals surface area contributed by atoms with Gasteiger partial charge in [-0.3, -0.25) is 9.59 Å². The quantitative estimate of drug-likeness (QED) is 0.300. The molecule has 0 saturated heterocycles. The predicted molar refractivity (Wildman–Crippen MR) is 157 cm³/mol. The Kier molecular flexibility index (Phi) is 7.03. The van der Waals surface area contributed by atoms with Crippen LogP contribution < -0.4 is 5.56 Å². The number of fused-ring (bicyclic) bond motifs is 1. The van der Waals surface area contributed by atoms with Crippen LogP contribution in [-0.4, -0.2) is 32.4 Å². The fourth-order valence-corrected chi connectivity index (χ4v) is 5.95. The highest BCUT2D eigenvalue weighted by atomic mass is 35.5. The molecule has 1 amide bonds. The summed E-state index contributed by atoms with van der Waals surface area (Å²) in [5, 5.41) is 12.4. The van der Waals surface area contributed by atoms with Crippen LogP contribution in [0.15, 0.2) is 71.5 Å². The van der Waals surface area contributed by atoms with Crippen LogP contribution in [0.1, 0.15) is 59.1 Å². The van der Waals surface area contributed by atoms with Crippen molar-refractivity contribution < 1.29 is 9.90 Å². The van der Waals surface area contributed by atoms with Crippen LogP contribution in [0.4, 0.5) is 0 Å². The van der Waals surface area contributed by atoms with Gasteiger partial charge in [-0.1, -0.05) is 59.6 Å². The normalized spacial score (nSPS) is 16.6. The SMILES string of the molecule is Cc1cc(-c2cccc([C@@H](O)C(=O)N3CCCc4nc(C5(c6cccc(Cl)c6)CC5)[nH]c(=O)c4C3)c2)ccc1Cl. The van der Waals surface area contributed by atoms with Crippen LogP contribution in [0.5, 0.6) is 0 Å². The second-order valence-electron chi connectivity index (χ2n) is 10.8. The number of nitrogens with one attached hydrogen (secondary N) is 1. The molecule has 1 aliphatic carbocycles. The fraction of sp³-hybridized carbons (Fsp3) is 0.281. The lowest BCUT2D eigenvalue weighted by Crippen LogP contribution is -2.36. The standard InChI is InChI=1S/C32H29Cl2N3O3/c1-19-15-21(10-11-26(19)34)20-5-2-6-22(16-20)28(38)30(40)37-14-4-9-27-25(18-37)29(39)36-31(35-27)32(12-13-32)23-7-3-8-24(33)17-23/h2-3,5-8,10-11,15-17,28,38H,4,9,12-14,18H2,1H3,(H,35,36,39)/t28-/m1/s1. The van der Waals surface area contributed by atoms with Crippen LogP contribution in [0.25, 0.3) is 11.1 Å². The molecule has 0 spiro atoms. The summed E-state index contributed by atoms with van der Waals surface area (Å²) in [5.41, 5.74) is 4.97. The Morgan fingerprint density at radius 2 is 1.82 bits per heavy atom. The largest absolute Gasteiger partial charge is 0.378 e. The average Bonchev–Trinajstić information content (AvgIpc) is 3.78. The van der Waals surface area contributed by atoms with E-state index >= 15 is 0 Å². The molecule has 3 aromatic carbocycles. The molecule has 6 nitrogen and oxygen atoms in total. The van der Waals surface area contributed by atoms with Gasteiger partial charge in [0, 0.05) is 16.6 Å². The summed E-state index contributed by atoms with van der Waals surface area (Å²) in [5.74, 6) is 0.228. The summed E-state index contributed by atoms with van der Waals surface area (Å²) in [6, 6.07) is 20.8. The number of carbonyl (C=O) groups excluding carboxylic acids is 1. The minimum Gasteiger partial charge on any atom is -0.378 e. The molecule has 0 bridgehead atoms. The number of aliphatic hydroxyl groups is 1. The van der Waals surface area contributed by atoms with Crippen LogP contribution in [-0.2, 0) is 23.2 Å². The van der Waals surface area contributed by atoms with E-state index in [1.807, 2.05) is 67.6 Å². The summed E-state index contributed by atoms with van der Waals surface area (Å²) in [7, 11) is 0. The Labute approximate surface area is 242 Å². The summed E-state index contributed by atoms with van der Waals surface area (Å²) in [6.45, 7) is 2.47. The molecule has 204 valence electrons. The van der Waals surface area contributed by atoms with Crippen molar-refractivity contribution in [3.8, 4) is 11.1 Å². The lowest BCUT2D eigenvalue weighted by Gasteiger charge is -2.24. The fourth-order valence-electron chi connectivity index (χ4n) is 5.64. The number of hydrogen-bond acceptors (Lipinski definition) is 4. The first-order chi connectivity index (χ1) is 19.2. The van der Waals surface area contributed by atoms with Crippen molar-refractivity contribution in [2.75, 3.05) is 6.54 Å². The zero-order valence-electron chi connectivity index (χ0n) is 22.1. The van der Waals surface area contributed by atoms with Gasteiger partial charge in [0.1, 0.15) is 5.82 Å². The van der Waals surface area contributed by atoms with Gasteiger partial charge in [-0.25, -0.2) is 4.98 Å². The number of nitrogens with zero attached hydrogens (tertiary/aromatic N) is 2. The van der Waals surface area contributed by atoms with Crippen LogP contribution in [0.3, 0.4) is 0 Å². The maximum atomic E-state index is 13.5. The van der Waals surface area contributed by atoms with Crippen molar-refractivity contribution in [2.24, 2.45) is 0 Å². The van der Waals surface area contributed by atoms with E-state index in [1.54, 1.807) is 11.0 Å². The summed E-state index contributed by atoms with van der Waals surface area (Å²) < 4.78 is 0. The number of benzene rings is 3. The highest BCUT2D eigenvalue weighted by Gasteiger charge is 2.48. The Hall–Kier alpha value is -3.45. The Morgan fingerprint density at radius 3 is 2.58 bits per heavy atom. The van der Waals surface area contributed by atoms with E-state index in [9.17, 15) is 14.7 Å². The van der Waals surface area contributed by atoms with Gasteiger partial charge < -0.3 is 15.0 Å². The number of carbonyl (C=O) groups is 1. The maximum absolute atomic E-state index is 13.5. The minimum absolute atomic E-state index is 0.105. The Morgan fingerprint density at radius 1 is 1.05 bits per heavy atom. The third-order valence-electron chi connectivity index (χ3n) is 8.11. The Bertz CT molecular complexity index is 1680. The molecule has 1 aromatic heterocycles. The molecule has 4 aromatic rings. The summed E-state index contributed by atoms with van der Waals surface area (Å²) in [6.07, 6.45) is 1.67. The maximum Gasteiger partial charge on any atom is 0.256 e. The molecule has 6 rings (SSSR count). The number of aromatic amines is 1. The molecular formula is C32H29Cl2N3O3. The van der Waals surface area contributed by atoms with Gasteiger partial charge in [-0.05, 0) is 90.8 Å². The summed E-state index contributed by atoms with van der Waals surface area (Å²) >= 11 is 12.4. The number of aliphatic hydroxyl groups excluding tert-OH is 1. The second kappa shape index (κ2) is 10.5. The van der Waals surface area contributed by atoms with Crippen molar-refractivity contribution in [2.45, 2.75) is 50.7 Å². The van der Waals surface area contributed by atoms with Crippen molar-refractivity contribution in [3.05, 3.63) is 121 Å². The topological polar surface area (TPSA) is 86.3 Å². The zero-order chi connectivity index (χ0) is 28.0. The first kappa shape index (κ1) is 26.8. The molecule has 2 heterocycles. The zero-order valence-corrected chi connectivity index (χ0v) is 23.6. The van der Waals surface area contributed by atoms with E-state index in [2.05, 4.69) is 4.98 Å². The highest BCUT2D eigenvalue weighted by molar-refractivity contribution is 6.31. The molecule has 1 saturated carbocycles. The van der Waals surface area contributed by atoms with Gasteiger partial charge in [0.2, 0.25) is 0 Å². The van der Waals surface area contributed by atoms with Gasteiger partial charge in [0.25, 0.3) is 11.5 Å². The van der Waals surface area contributed by atoms with E-state index in [4.69, 9.17) is 28.2 Å². The van der Waals surface area contributed by atoms with Crippen LogP contribution >= 0.6 is 23.2 Å². The van der Waals surface area contributed by atoms with Crippen molar-refractivity contribution in [1.29, 1.82) is 0 Å². The van der Waals surface area contributed by atoms with Gasteiger partial charge in [-0.2, -0.15) is 0 Å². The van der Waals surface area contributed by atoms with Crippen LogP contribution in [0.2, 0.25) is 10.0 Å². The smallest absolute Gasteiger partial charge is 0.256 e. The molecule has 2 N–H and O–H groups in total. The van der Waals surface area contributed by atoms with E-state index < -0.39 is 12.0 Å². The van der Waals surface area contributed by atoms with E-state index in [0.717, 1.165) is 40.8 Å². The lowest BCUT2D eigenvalue weighted by molar-refractivity contribution is -0.141. The third-order valence-corrected chi connectivity index (χ3v) is 8.77. The third kappa shape index (κ3) is 4.96. The number of aromatic nitrogens is 2. The molecule has 2 aliphatic rings. The molecular weight excluding hydrogens is 545 g/mol. The minimum atomic E-state index is -1.35. The predicted octanol–water partition coefficient (Wildman–Crippen LogP) is 6.14. The molecule has 1 aliphatic heterocycles. The van der Waals surface area contributed by atoms with Gasteiger partial charge >= 0.3 is 0 Å². The molecule has 1 atom stereocenters. The second-order valence-corrected chi connectivity index (χ2v) is 11.6. The van der Waals surface area contributed by atoms with Gasteiger partial charge in [-0.15, -0.1) is 0 Å². The molecule has 40 heavy (non-hydrogen) atoms. The van der Waals surface area contributed by atoms with Crippen LogP contribution in [0, 0.1) is 6.92 Å². The molecule has 1 fully saturated rings. The van der Waals surface area contributed by atoms with Crippen molar-refractivity contribution in [1.82, 2.24) is 14.9 Å². The van der Waals surface area contributed by atoms with Gasteiger partial charge in [0.05, 0.1) is 23.2 Å². The van der Waals surface area contributed by atoms with E-state index in [1.165, 1.54) is 0 Å². The monoisotopic (exact) mass is 573 g/mol. The number of rotatable bonds is 5. The van der Waals surface area contributed by atoms with Crippen molar-refractivity contribution >= 4 is 29.1 Å². The number of H-pyrrole nitrogens is 1. The average molecular weight is 575 g/mol. The highest BCUT2D eigenvalue weighted by Crippen LogP contribution is 2.52. The number of amides is 1. The van der Waals surface area contributed by atoms with E-state index in [0.29, 0.717) is 46.4 Å². The van der Waals surface area contributed by atoms with E-state index in [-0.39, 0.29) is 17.5 Å². The summed E-state index contributed by atoms with van der Waals surface area (Å²) in [4.78, 5) is 36.3. The lowest BCUT2D eigenvalue weighted by atomic mass is 9.94. The first-order valence-corrected chi connectivity index (χ1v) is 14.2. The molecule has 8 heteroatoms. The number of hydrogen-bond donors (Lipinski definition) is 2. The number of halogens is 2. The molecule has 0 unspecified atom stereocenters. The Balaban J connectivity index is 1.25. The molecule has 0 radical (unpaired) electrons. The van der Waals surface area contributed by atoms with Gasteiger partial charge in [0.15, 0.2) is 6.10 Å². The van der Waals surface area contributed by atoms with Crippen molar-refractivity contribution in [3.63, 3.8) is 0 Å².